The third-order valence-electron chi connectivity index (χ3n) is 9.20. The molecule has 4 N–H and O–H groups in total. The molecule has 0 saturated carbocycles. The van der Waals surface area contributed by atoms with Gasteiger partial charge in [-0.1, -0.05) is 48.5 Å². The number of carbonyl (C=O) groups excluding carboxylic acids is 2. The maximum atomic E-state index is 12.5. The summed E-state index contributed by atoms with van der Waals surface area (Å²) in [7, 11) is 3.30. The first-order chi connectivity index (χ1) is 23.0. The summed E-state index contributed by atoms with van der Waals surface area (Å²) in [4.78, 5) is 29.6. The highest BCUT2D eigenvalue weighted by Crippen LogP contribution is 2.42. The zero-order valence-corrected chi connectivity index (χ0v) is 26.5. The number of ether oxygens (including phenoxy) is 2. The predicted molar refractivity (Wildman–Crippen MR) is 181 cm³/mol. The first-order valence-electron chi connectivity index (χ1n) is 15.7. The molecular formula is C37H38N6O4. The summed E-state index contributed by atoms with van der Waals surface area (Å²) in [6, 6.07) is 27.5. The largest absolute Gasteiger partial charge is 0.497 e. The van der Waals surface area contributed by atoms with Crippen molar-refractivity contribution in [2.24, 2.45) is 5.73 Å². The van der Waals surface area contributed by atoms with Crippen LogP contribution in [-0.2, 0) is 6.42 Å². The number of rotatable bonds is 4. The van der Waals surface area contributed by atoms with E-state index in [0.29, 0.717) is 5.56 Å². The Hall–Kier alpha value is -5.53. The molecule has 4 aromatic rings. The van der Waals surface area contributed by atoms with Crippen molar-refractivity contribution < 1.29 is 19.1 Å². The number of nitrogens with two attached hydrogens (primary N) is 1. The number of amides is 2. The van der Waals surface area contributed by atoms with Gasteiger partial charge < -0.3 is 35.6 Å². The Balaban J connectivity index is 0.000000156. The van der Waals surface area contributed by atoms with E-state index in [1.165, 1.54) is 5.56 Å². The highest BCUT2D eigenvalue weighted by Gasteiger charge is 2.37. The number of carbonyl (C=O) groups is 2. The average Bonchev–Trinajstić information content (AvgIpc) is 3.13. The molecule has 4 heterocycles. The second-order valence-electron chi connectivity index (χ2n) is 11.7. The number of hydrogen-bond donors (Lipinski definition) is 3. The molecule has 0 bridgehead atoms. The molecule has 0 aliphatic carbocycles. The van der Waals surface area contributed by atoms with Crippen molar-refractivity contribution in [1.82, 2.24) is 10.6 Å². The highest BCUT2D eigenvalue weighted by atomic mass is 16.5. The summed E-state index contributed by atoms with van der Waals surface area (Å²) in [5.74, 6) is 1.59. The fourth-order valence-electron chi connectivity index (χ4n) is 6.95. The number of para-hydroxylation sites is 2. The van der Waals surface area contributed by atoms with Gasteiger partial charge in [-0.15, -0.1) is 0 Å². The molecule has 0 radical (unpaired) electrons. The van der Waals surface area contributed by atoms with E-state index in [1.807, 2.05) is 78.9 Å². The standard InChI is InChI=1S/C18H19N3O2.C18H18N2O2.CHN/c1-23-12-7-5-11(6-8-12)17-20-18(22)14-4-2-3-13-15(19)9-10-21(17)16(13)14;1-22-14-9-7-13(8-10-14)17-19-18(21)15-6-2-4-12-5-3-11-20(17)16(12)15;1-2/h2-8,15,17H,9-10,19H2,1H3,(H,20,22);2,4,6-10,17H,3,5,11H2,1H3,(H,19,21);1H/t15-,17+;17-;/m00./s1. The van der Waals surface area contributed by atoms with Gasteiger partial charge in [-0.3, -0.25) is 9.59 Å². The highest BCUT2D eigenvalue weighted by molar-refractivity contribution is 6.03. The minimum atomic E-state index is -0.172. The molecule has 0 spiro atoms. The van der Waals surface area contributed by atoms with E-state index < -0.39 is 0 Å². The second-order valence-corrected chi connectivity index (χ2v) is 11.7. The van der Waals surface area contributed by atoms with E-state index in [-0.39, 0.29) is 30.2 Å². The summed E-state index contributed by atoms with van der Waals surface area (Å²) in [6.45, 7) is 5.28. The Morgan fingerprint density at radius 3 is 1.79 bits per heavy atom. The molecule has 10 heteroatoms. The fraction of sp³-hybridized carbons (Fsp3) is 0.270. The minimum Gasteiger partial charge on any atom is -0.497 e. The fourth-order valence-corrected chi connectivity index (χ4v) is 6.95. The maximum Gasteiger partial charge on any atom is 0.255 e. The molecule has 0 unspecified atom stereocenters. The van der Waals surface area contributed by atoms with Crippen LogP contribution in [0.15, 0.2) is 84.9 Å². The summed E-state index contributed by atoms with van der Waals surface area (Å²) in [5.41, 5.74) is 14.3. The number of anilines is 2. The van der Waals surface area contributed by atoms with Gasteiger partial charge >= 0.3 is 0 Å². The molecule has 10 nitrogen and oxygen atoms in total. The van der Waals surface area contributed by atoms with Gasteiger partial charge in [0.25, 0.3) is 11.8 Å². The second kappa shape index (κ2) is 13.4. The summed E-state index contributed by atoms with van der Waals surface area (Å²) in [6.07, 6.45) is 2.75. The molecule has 0 saturated heterocycles. The first-order valence-corrected chi connectivity index (χ1v) is 15.7. The van der Waals surface area contributed by atoms with Crippen molar-refractivity contribution in [3.63, 3.8) is 0 Å². The minimum absolute atomic E-state index is 0.0100. The SMILES string of the molecule is C#N.COc1ccc([C@@H]2NC(=O)c3cccc4c3N2CC[C@@H]4N)cc1.COc1ccc([C@H]2NC(=O)c3cccc4c3N2CCC4)cc1. The number of nitrogens with zero attached hydrogens (tertiary/aromatic N) is 3. The van der Waals surface area contributed by atoms with Crippen LogP contribution >= 0.6 is 0 Å². The number of hydrogen-bond acceptors (Lipinski definition) is 8. The quantitative estimate of drug-likeness (QED) is 0.274. The van der Waals surface area contributed by atoms with Gasteiger partial charge in [0.05, 0.1) is 36.7 Å². The Morgan fingerprint density at radius 1 is 0.723 bits per heavy atom. The van der Waals surface area contributed by atoms with Gasteiger partial charge in [0.15, 0.2) is 0 Å². The van der Waals surface area contributed by atoms with E-state index in [9.17, 15) is 9.59 Å². The van der Waals surface area contributed by atoms with Crippen molar-refractivity contribution in [3.05, 3.63) is 118 Å². The van der Waals surface area contributed by atoms with Gasteiger partial charge in [-0.2, -0.15) is 0 Å². The van der Waals surface area contributed by atoms with E-state index in [0.717, 1.165) is 77.5 Å². The molecule has 4 aromatic carbocycles. The molecule has 4 aliphatic heterocycles. The van der Waals surface area contributed by atoms with Crippen LogP contribution in [0.5, 0.6) is 11.5 Å². The van der Waals surface area contributed by atoms with Gasteiger partial charge in [0.1, 0.15) is 23.8 Å². The Bertz CT molecular complexity index is 1790. The van der Waals surface area contributed by atoms with Crippen molar-refractivity contribution in [2.75, 3.05) is 37.1 Å². The van der Waals surface area contributed by atoms with Crippen LogP contribution in [0.1, 0.15) is 74.2 Å². The smallest absolute Gasteiger partial charge is 0.255 e. The van der Waals surface area contributed by atoms with Crippen LogP contribution in [0.2, 0.25) is 0 Å². The van der Waals surface area contributed by atoms with Crippen LogP contribution in [-0.4, -0.2) is 39.1 Å². The van der Waals surface area contributed by atoms with Crippen LogP contribution < -0.4 is 35.6 Å². The van der Waals surface area contributed by atoms with Gasteiger partial charge in [-0.25, -0.2) is 5.26 Å². The monoisotopic (exact) mass is 630 g/mol. The normalized spacial score (nSPS) is 20.1. The number of methoxy groups -OCH3 is 2. The van der Waals surface area contributed by atoms with Crippen LogP contribution in [0.4, 0.5) is 11.4 Å². The summed E-state index contributed by atoms with van der Waals surface area (Å²) >= 11 is 0. The van der Waals surface area contributed by atoms with Gasteiger partial charge in [0.2, 0.25) is 0 Å². The van der Waals surface area contributed by atoms with Gasteiger partial charge in [-0.05, 0) is 77.9 Å². The number of nitriles is 1. The molecule has 0 aromatic heterocycles. The van der Waals surface area contributed by atoms with Crippen molar-refractivity contribution in [3.8, 4) is 18.1 Å². The number of benzene rings is 4. The lowest BCUT2D eigenvalue weighted by Gasteiger charge is -2.44. The molecule has 240 valence electrons. The van der Waals surface area contributed by atoms with E-state index in [4.69, 9.17) is 20.5 Å². The molecule has 8 rings (SSSR count). The maximum absolute atomic E-state index is 12.5. The lowest BCUT2D eigenvalue weighted by molar-refractivity contribution is 0.0917. The Labute approximate surface area is 274 Å². The Kier molecular flexibility index (Phi) is 9.00. The first kappa shape index (κ1) is 31.5. The van der Waals surface area contributed by atoms with E-state index in [2.05, 4.69) is 33.1 Å². The molecular weight excluding hydrogens is 592 g/mol. The van der Waals surface area contributed by atoms with Crippen molar-refractivity contribution in [2.45, 2.75) is 37.6 Å². The van der Waals surface area contributed by atoms with Crippen LogP contribution in [0.25, 0.3) is 0 Å². The zero-order chi connectivity index (χ0) is 33.1. The lowest BCUT2D eigenvalue weighted by atomic mass is 9.90. The molecule has 0 fully saturated rings. The Morgan fingerprint density at radius 2 is 1.23 bits per heavy atom. The molecule has 2 amide bonds. The third kappa shape index (κ3) is 5.82. The predicted octanol–water partition coefficient (Wildman–Crippen LogP) is 5.38. The summed E-state index contributed by atoms with van der Waals surface area (Å²) < 4.78 is 10.4. The van der Waals surface area contributed by atoms with E-state index >= 15 is 0 Å². The molecule has 3 atom stereocenters. The average molecular weight is 631 g/mol. The lowest BCUT2D eigenvalue weighted by Crippen LogP contribution is -2.49. The van der Waals surface area contributed by atoms with Crippen molar-refractivity contribution >= 4 is 23.2 Å². The van der Waals surface area contributed by atoms with Gasteiger partial charge in [0, 0.05) is 25.7 Å². The van der Waals surface area contributed by atoms with Crippen LogP contribution in [0.3, 0.4) is 0 Å². The zero-order valence-electron chi connectivity index (χ0n) is 26.5. The molecule has 47 heavy (non-hydrogen) atoms. The van der Waals surface area contributed by atoms with Crippen LogP contribution in [0, 0.1) is 11.8 Å². The summed E-state index contributed by atoms with van der Waals surface area (Å²) in [5, 5.41) is 12.7. The van der Waals surface area contributed by atoms with E-state index in [1.54, 1.807) is 14.2 Å². The number of nitrogens with one attached hydrogen (secondary N) is 2. The number of aryl methyl sites for hydroxylation is 1. The molecule has 4 aliphatic rings. The van der Waals surface area contributed by atoms with Crippen molar-refractivity contribution in [1.29, 1.82) is 5.26 Å². The third-order valence-corrected chi connectivity index (χ3v) is 9.20. The topological polar surface area (TPSA) is 133 Å².